The molecule has 0 amide bonds. The van der Waals surface area contributed by atoms with E-state index in [1.54, 1.807) is 0 Å². The van der Waals surface area contributed by atoms with Gasteiger partial charge in [-0.1, -0.05) is 153 Å². The van der Waals surface area contributed by atoms with Gasteiger partial charge in [0.05, 0.1) is 6.61 Å². The van der Waals surface area contributed by atoms with Gasteiger partial charge in [-0.2, -0.15) is 0 Å². The lowest BCUT2D eigenvalue weighted by atomic mass is 9.85. The molecule has 1 aliphatic carbocycles. The van der Waals surface area contributed by atoms with Gasteiger partial charge in [0.25, 0.3) is 0 Å². The Morgan fingerprint density at radius 2 is 0.921 bits per heavy atom. The highest BCUT2D eigenvalue weighted by atomic mass is 31.2. The van der Waals surface area contributed by atoms with Gasteiger partial charge in [0.2, 0.25) is 0 Å². The second-order valence-electron chi connectivity index (χ2n) is 16.5. The van der Waals surface area contributed by atoms with Crippen LogP contribution in [0.3, 0.4) is 0 Å². The summed E-state index contributed by atoms with van der Waals surface area (Å²) in [6, 6.07) is 0. The Morgan fingerprint density at radius 3 is 1.43 bits per heavy atom. The van der Waals surface area contributed by atoms with Gasteiger partial charge in [-0.15, -0.1) is 0 Å². The van der Waals surface area contributed by atoms with Crippen molar-refractivity contribution in [3.8, 4) is 0 Å². The maximum atomic E-state index is 13.0. The molecule has 0 spiro atoms. The zero-order valence-corrected chi connectivity index (χ0v) is 39.8. The fourth-order valence-corrected chi connectivity index (χ4v) is 8.57. The lowest BCUT2D eigenvalue weighted by Crippen LogP contribution is -2.64. The van der Waals surface area contributed by atoms with Crippen LogP contribution < -0.4 is 0 Å². The van der Waals surface area contributed by atoms with E-state index in [2.05, 4.69) is 48.8 Å². The number of carbonyl (C=O) groups is 2. The molecule has 7 N–H and O–H groups in total. The summed E-state index contributed by atoms with van der Waals surface area (Å²) in [5, 5.41) is 41.2. The van der Waals surface area contributed by atoms with E-state index in [4.69, 9.17) is 28.3 Å². The monoisotopic (exact) mass is 941 g/mol. The lowest BCUT2D eigenvalue weighted by Gasteiger charge is -2.43. The number of hydrogen-bond acceptors (Lipinski definition) is 13. The van der Waals surface area contributed by atoms with E-state index in [9.17, 15) is 44.0 Å². The Hall–Kier alpha value is -1.78. The minimum atomic E-state index is -5.37. The summed E-state index contributed by atoms with van der Waals surface area (Å²) < 4.78 is 49.3. The molecule has 0 saturated heterocycles. The van der Waals surface area contributed by atoms with Crippen molar-refractivity contribution in [2.75, 3.05) is 13.2 Å². The molecule has 1 aliphatic rings. The summed E-state index contributed by atoms with van der Waals surface area (Å²) in [5.41, 5.74) is 0. The molecule has 0 bridgehead atoms. The van der Waals surface area contributed by atoms with Crippen LogP contribution in [0.5, 0.6) is 0 Å². The van der Waals surface area contributed by atoms with Crippen LogP contribution in [-0.4, -0.2) is 103 Å². The van der Waals surface area contributed by atoms with Crippen molar-refractivity contribution >= 4 is 27.6 Å². The first kappa shape index (κ1) is 59.2. The number of unbranched alkanes of at least 4 members (excludes halogenated alkanes) is 19. The van der Waals surface area contributed by atoms with E-state index in [1.165, 1.54) is 83.5 Å². The molecular formula is C45H82O16P2. The predicted molar refractivity (Wildman–Crippen MR) is 241 cm³/mol. The van der Waals surface area contributed by atoms with Crippen molar-refractivity contribution in [1.29, 1.82) is 0 Å². The first-order chi connectivity index (χ1) is 30.1. The van der Waals surface area contributed by atoms with Crippen LogP contribution in [-0.2, 0) is 41.8 Å². The average molecular weight is 941 g/mol. The number of phosphoric acid groups is 2. The van der Waals surface area contributed by atoms with E-state index in [0.29, 0.717) is 19.3 Å². The number of ether oxygens (including phenoxy) is 2. The molecule has 63 heavy (non-hydrogen) atoms. The Morgan fingerprint density at radius 1 is 0.508 bits per heavy atom. The average Bonchev–Trinajstić information content (AvgIpc) is 3.23. The van der Waals surface area contributed by atoms with Crippen LogP contribution in [0.4, 0.5) is 0 Å². The Bertz CT molecular complexity index is 1370. The molecule has 16 nitrogen and oxygen atoms in total. The number of aliphatic hydroxyl groups excluding tert-OH is 4. The molecule has 0 aromatic rings. The fourth-order valence-electron chi connectivity index (χ4n) is 7.03. The standard InChI is InChI=1S/C45H82O16P2/c1-3-5-7-9-11-13-15-17-19-21-23-25-27-29-31-33-38(46)57-35-37(59-39(47)34-32-30-28-26-24-22-20-18-16-14-12-10-8-6-4-2)36-58-63(55,56)61-45-42(50)40(48)41(49)44(43(45)51)60-62(52,53)54/h12,14,18,20,24,26,37,40-45,48-51H,3-11,13,15-17,19,21-23,25,27-36H2,1-2H3,(H,55,56)(H2,52,53,54)/t37-,40?,41?,42?,43?,44-,45+/m1/s1. The Labute approximate surface area is 376 Å². The van der Waals surface area contributed by atoms with Crippen molar-refractivity contribution in [3.63, 3.8) is 0 Å². The smallest absolute Gasteiger partial charge is 0.462 e. The number of aliphatic hydroxyl groups is 4. The molecule has 0 aliphatic heterocycles. The zero-order valence-electron chi connectivity index (χ0n) is 38.0. The van der Waals surface area contributed by atoms with Crippen molar-refractivity contribution in [2.45, 2.75) is 224 Å². The van der Waals surface area contributed by atoms with Crippen molar-refractivity contribution in [2.24, 2.45) is 0 Å². The van der Waals surface area contributed by atoms with Crippen LogP contribution >= 0.6 is 15.6 Å². The topological polar surface area (TPSA) is 256 Å². The molecule has 1 saturated carbocycles. The summed E-state index contributed by atoms with van der Waals surface area (Å²) in [7, 11) is -10.7. The second kappa shape index (κ2) is 36.4. The van der Waals surface area contributed by atoms with Gasteiger partial charge < -0.3 is 44.6 Å². The number of hydrogen-bond donors (Lipinski definition) is 7. The van der Waals surface area contributed by atoms with Crippen LogP contribution in [0.15, 0.2) is 36.5 Å². The van der Waals surface area contributed by atoms with Crippen LogP contribution in [0.2, 0.25) is 0 Å². The first-order valence-electron chi connectivity index (χ1n) is 23.5. The Kier molecular flexibility index (Phi) is 34.2. The third-order valence-electron chi connectivity index (χ3n) is 10.7. The number of phosphoric ester groups is 2. The van der Waals surface area contributed by atoms with E-state index in [1.807, 2.05) is 6.08 Å². The predicted octanol–water partition coefficient (Wildman–Crippen LogP) is 8.73. The Balaban J connectivity index is 2.62. The molecule has 5 unspecified atom stereocenters. The van der Waals surface area contributed by atoms with Crippen molar-refractivity contribution in [1.82, 2.24) is 0 Å². The SMILES string of the molecule is CCCCCC=CCC=CCC=CCCCCC(=O)O[C@H](COC(=O)CCCCCCCCCCCCCCCCC)COP(=O)(O)O[C@H]1C(O)C(O)C(O)[C@@H](OP(=O)(O)O)C1O. The van der Waals surface area contributed by atoms with Gasteiger partial charge in [-0.05, 0) is 51.4 Å². The van der Waals surface area contributed by atoms with E-state index < -0.39 is 83.5 Å². The minimum Gasteiger partial charge on any atom is -0.462 e. The van der Waals surface area contributed by atoms with Crippen LogP contribution in [0, 0.1) is 0 Å². The van der Waals surface area contributed by atoms with Gasteiger partial charge in [0.1, 0.15) is 43.2 Å². The fraction of sp³-hybridized carbons (Fsp3) is 0.822. The molecule has 368 valence electrons. The third kappa shape index (κ3) is 30.9. The van der Waals surface area contributed by atoms with E-state index in [0.717, 1.165) is 51.4 Å². The van der Waals surface area contributed by atoms with Gasteiger partial charge in [0.15, 0.2) is 6.10 Å². The molecule has 0 radical (unpaired) electrons. The summed E-state index contributed by atoms with van der Waals surface area (Å²) in [5.74, 6) is -1.25. The molecule has 1 rings (SSSR count). The first-order valence-corrected chi connectivity index (χ1v) is 26.6. The quantitative estimate of drug-likeness (QED) is 0.0132. The van der Waals surface area contributed by atoms with E-state index in [-0.39, 0.29) is 12.8 Å². The summed E-state index contributed by atoms with van der Waals surface area (Å²) in [4.78, 5) is 54.2. The number of esters is 2. The second-order valence-corrected chi connectivity index (χ2v) is 19.1. The highest BCUT2D eigenvalue weighted by molar-refractivity contribution is 7.47. The molecular weight excluding hydrogens is 858 g/mol. The summed E-state index contributed by atoms with van der Waals surface area (Å²) in [6.07, 6.45) is 23.9. The summed E-state index contributed by atoms with van der Waals surface area (Å²) >= 11 is 0. The third-order valence-corrected chi connectivity index (χ3v) is 12.2. The van der Waals surface area contributed by atoms with Gasteiger partial charge in [-0.25, -0.2) is 9.13 Å². The molecule has 1 fully saturated rings. The summed E-state index contributed by atoms with van der Waals surface area (Å²) in [6.45, 7) is 3.05. The van der Waals surface area contributed by atoms with Crippen LogP contribution in [0.25, 0.3) is 0 Å². The van der Waals surface area contributed by atoms with Crippen molar-refractivity contribution in [3.05, 3.63) is 36.5 Å². The number of rotatable bonds is 39. The molecule has 8 atom stereocenters. The van der Waals surface area contributed by atoms with Gasteiger partial charge in [-0.3, -0.25) is 23.2 Å². The minimum absolute atomic E-state index is 0.00315. The zero-order chi connectivity index (χ0) is 46.8. The van der Waals surface area contributed by atoms with Gasteiger partial charge in [0, 0.05) is 12.8 Å². The molecule has 0 aromatic carbocycles. The number of carbonyl (C=O) groups excluding carboxylic acids is 2. The maximum absolute atomic E-state index is 13.0. The highest BCUT2D eigenvalue weighted by Gasteiger charge is 2.54. The van der Waals surface area contributed by atoms with Crippen molar-refractivity contribution < 1.29 is 76.9 Å². The number of allylic oxidation sites excluding steroid dienone is 6. The van der Waals surface area contributed by atoms with Crippen LogP contribution in [0.1, 0.15) is 181 Å². The normalized spacial score (nSPS) is 22.2. The largest absolute Gasteiger partial charge is 0.472 e. The molecule has 18 heteroatoms. The van der Waals surface area contributed by atoms with Gasteiger partial charge >= 0.3 is 27.6 Å². The highest BCUT2D eigenvalue weighted by Crippen LogP contribution is 2.49. The lowest BCUT2D eigenvalue weighted by molar-refractivity contribution is -0.216. The molecule has 0 heterocycles. The van der Waals surface area contributed by atoms with E-state index >= 15 is 0 Å². The molecule has 0 aromatic heterocycles. The maximum Gasteiger partial charge on any atom is 0.472 e.